The molecule has 1 aliphatic carbocycles. The van der Waals surface area contributed by atoms with Gasteiger partial charge in [0.25, 0.3) is 5.91 Å². The van der Waals surface area contributed by atoms with E-state index in [9.17, 15) is 13.2 Å². The molecule has 7 nitrogen and oxygen atoms in total. The average molecular weight is 412 g/mol. The van der Waals surface area contributed by atoms with Gasteiger partial charge < -0.3 is 10.2 Å². The molecule has 3 rings (SSSR count). The lowest BCUT2D eigenvalue weighted by atomic mass is 9.86. The summed E-state index contributed by atoms with van der Waals surface area (Å²) in [5.41, 5.74) is 3.09. The first-order chi connectivity index (χ1) is 13.2. The predicted molar refractivity (Wildman–Crippen MR) is 109 cm³/mol. The smallest absolute Gasteiger partial charge is 0.275 e. The fraction of sp³-hybridized carbons (Fsp3) is 0.800. The molecule has 1 aliphatic heterocycles. The molecule has 0 radical (unpaired) electrons. The summed E-state index contributed by atoms with van der Waals surface area (Å²) in [5.74, 6) is 1.10. The topological polar surface area (TPSA) is 85.5 Å². The number of amides is 1. The molecule has 2 heterocycles. The minimum atomic E-state index is -2.94. The highest BCUT2D eigenvalue weighted by Crippen LogP contribution is 2.26. The minimum Gasteiger partial charge on any atom is -0.348 e. The zero-order valence-electron chi connectivity index (χ0n) is 17.6. The molecule has 1 saturated carbocycles. The summed E-state index contributed by atoms with van der Waals surface area (Å²) in [6.45, 7) is 7.36. The van der Waals surface area contributed by atoms with Crippen molar-refractivity contribution in [2.24, 2.45) is 5.92 Å². The third-order valence-corrected chi connectivity index (χ3v) is 8.18. The molecule has 28 heavy (non-hydrogen) atoms. The number of hydrogen-bond acceptors (Lipinski definition) is 4. The van der Waals surface area contributed by atoms with Gasteiger partial charge in [-0.05, 0) is 39.0 Å². The highest BCUT2D eigenvalue weighted by molar-refractivity contribution is 7.91. The van der Waals surface area contributed by atoms with Crippen molar-refractivity contribution in [3.8, 4) is 0 Å². The molecule has 0 aromatic carbocycles. The first-order valence-corrected chi connectivity index (χ1v) is 12.3. The van der Waals surface area contributed by atoms with E-state index in [1.54, 1.807) is 0 Å². The van der Waals surface area contributed by atoms with E-state index in [-0.39, 0.29) is 23.5 Å². The standard InChI is InChI=1S/C20H34N4O3S/c1-14-7-5-6-8-19(14)21-20(25)12-23(4)11-18-15(2)22-24(16(18)3)17-9-10-28(26,27)13-17/h14,17,19H,5-13H2,1-4H3,(H,21,25)/p+1/t14-,17+,19+/m0/s1. The number of quaternary nitrogens is 1. The van der Waals surface area contributed by atoms with Gasteiger partial charge in [0.1, 0.15) is 6.54 Å². The number of aromatic nitrogens is 2. The Balaban J connectivity index is 1.59. The maximum atomic E-state index is 12.5. The lowest BCUT2D eigenvalue weighted by Gasteiger charge is -2.29. The van der Waals surface area contributed by atoms with Gasteiger partial charge in [0.15, 0.2) is 16.4 Å². The van der Waals surface area contributed by atoms with E-state index in [2.05, 4.69) is 17.3 Å². The molecule has 2 aliphatic rings. The number of rotatable bonds is 6. The largest absolute Gasteiger partial charge is 0.348 e. The van der Waals surface area contributed by atoms with E-state index < -0.39 is 9.84 Å². The SMILES string of the molecule is Cc1nn([C@@H]2CCS(=O)(=O)C2)c(C)c1C[NH+](C)CC(=O)N[C@@H]1CCCC[C@@H]1C. The van der Waals surface area contributed by atoms with Crippen molar-refractivity contribution in [3.63, 3.8) is 0 Å². The van der Waals surface area contributed by atoms with Gasteiger partial charge in [-0.15, -0.1) is 0 Å². The summed E-state index contributed by atoms with van der Waals surface area (Å²) in [4.78, 5) is 13.6. The summed E-state index contributed by atoms with van der Waals surface area (Å²) in [6.07, 6.45) is 5.38. The van der Waals surface area contributed by atoms with Crippen molar-refractivity contribution in [3.05, 3.63) is 17.0 Å². The quantitative estimate of drug-likeness (QED) is 0.717. The number of nitrogens with zero attached hydrogens (tertiary/aromatic N) is 2. The highest BCUT2D eigenvalue weighted by Gasteiger charge is 2.32. The Labute approximate surface area is 168 Å². The number of carbonyl (C=O) groups is 1. The van der Waals surface area contributed by atoms with E-state index in [0.29, 0.717) is 31.5 Å². The lowest BCUT2D eigenvalue weighted by Crippen LogP contribution is -3.09. The Kier molecular flexibility index (Phi) is 6.49. The van der Waals surface area contributed by atoms with Crippen molar-refractivity contribution in [2.45, 2.75) is 71.5 Å². The van der Waals surface area contributed by atoms with Crippen LogP contribution in [-0.4, -0.2) is 55.2 Å². The summed E-state index contributed by atoms with van der Waals surface area (Å²) in [6, 6.07) is 0.249. The van der Waals surface area contributed by atoms with Crippen molar-refractivity contribution < 1.29 is 18.1 Å². The van der Waals surface area contributed by atoms with Crippen LogP contribution >= 0.6 is 0 Å². The number of likely N-dealkylation sites (N-methyl/N-ethyl adjacent to an activating group) is 1. The van der Waals surface area contributed by atoms with Crippen LogP contribution in [0, 0.1) is 19.8 Å². The van der Waals surface area contributed by atoms with Crippen molar-refractivity contribution in [1.29, 1.82) is 0 Å². The van der Waals surface area contributed by atoms with Gasteiger partial charge >= 0.3 is 0 Å². The Hall–Kier alpha value is -1.41. The third kappa shape index (κ3) is 4.95. The Morgan fingerprint density at radius 3 is 2.61 bits per heavy atom. The van der Waals surface area contributed by atoms with E-state index in [0.717, 1.165) is 28.3 Å². The molecular formula is C20H35N4O3S+. The zero-order valence-corrected chi connectivity index (χ0v) is 18.4. The molecular weight excluding hydrogens is 376 g/mol. The molecule has 0 bridgehead atoms. The second-order valence-corrected chi connectivity index (χ2v) is 11.1. The van der Waals surface area contributed by atoms with Crippen molar-refractivity contribution in [2.75, 3.05) is 25.1 Å². The van der Waals surface area contributed by atoms with Crippen molar-refractivity contribution >= 4 is 15.7 Å². The van der Waals surface area contributed by atoms with E-state index in [1.807, 2.05) is 25.6 Å². The van der Waals surface area contributed by atoms with Crippen LogP contribution in [0.4, 0.5) is 0 Å². The predicted octanol–water partition coefficient (Wildman–Crippen LogP) is 0.569. The van der Waals surface area contributed by atoms with Crippen LogP contribution in [0.15, 0.2) is 0 Å². The van der Waals surface area contributed by atoms with Crippen LogP contribution in [0.25, 0.3) is 0 Å². The fourth-order valence-electron chi connectivity index (χ4n) is 4.70. The summed E-state index contributed by atoms with van der Waals surface area (Å²) in [5, 5.41) is 7.86. The number of sulfone groups is 1. The molecule has 0 spiro atoms. The van der Waals surface area contributed by atoms with Crippen LogP contribution in [0.5, 0.6) is 0 Å². The second kappa shape index (κ2) is 8.53. The average Bonchev–Trinajstić information content (AvgIpc) is 3.10. The molecule has 8 heteroatoms. The van der Waals surface area contributed by atoms with Crippen LogP contribution in [0.1, 0.15) is 62.0 Å². The highest BCUT2D eigenvalue weighted by atomic mass is 32.2. The molecule has 1 unspecified atom stereocenters. The Morgan fingerprint density at radius 1 is 1.25 bits per heavy atom. The number of carbonyl (C=O) groups excluding carboxylic acids is 1. The number of hydrogen-bond donors (Lipinski definition) is 2. The van der Waals surface area contributed by atoms with E-state index in [4.69, 9.17) is 0 Å². The minimum absolute atomic E-state index is 0.0613. The van der Waals surface area contributed by atoms with Crippen LogP contribution in [-0.2, 0) is 21.2 Å². The van der Waals surface area contributed by atoms with Gasteiger partial charge in [-0.1, -0.05) is 19.8 Å². The molecule has 2 fully saturated rings. The first-order valence-electron chi connectivity index (χ1n) is 10.5. The molecule has 4 atom stereocenters. The molecule has 1 aromatic rings. The van der Waals surface area contributed by atoms with Gasteiger partial charge in [-0.2, -0.15) is 5.10 Å². The number of aryl methyl sites for hydroxylation is 1. The summed E-state index contributed by atoms with van der Waals surface area (Å²) >= 11 is 0. The summed E-state index contributed by atoms with van der Waals surface area (Å²) in [7, 11) is -0.913. The maximum Gasteiger partial charge on any atom is 0.275 e. The maximum absolute atomic E-state index is 12.5. The van der Waals surface area contributed by atoms with Gasteiger partial charge in [0.05, 0.1) is 35.9 Å². The lowest BCUT2D eigenvalue weighted by molar-refractivity contribution is -0.885. The Morgan fingerprint density at radius 2 is 1.96 bits per heavy atom. The molecule has 2 N–H and O–H groups in total. The van der Waals surface area contributed by atoms with Crippen LogP contribution in [0.3, 0.4) is 0 Å². The molecule has 1 aromatic heterocycles. The van der Waals surface area contributed by atoms with Crippen LogP contribution in [0.2, 0.25) is 0 Å². The number of nitrogens with one attached hydrogen (secondary N) is 2. The monoisotopic (exact) mass is 411 g/mol. The van der Waals surface area contributed by atoms with E-state index >= 15 is 0 Å². The fourth-order valence-corrected chi connectivity index (χ4v) is 6.40. The van der Waals surface area contributed by atoms with Gasteiger partial charge in [0.2, 0.25) is 0 Å². The normalized spacial score (nSPS) is 28.2. The Bertz CT molecular complexity index is 818. The summed E-state index contributed by atoms with van der Waals surface area (Å²) < 4.78 is 25.5. The van der Waals surface area contributed by atoms with Crippen molar-refractivity contribution in [1.82, 2.24) is 15.1 Å². The zero-order chi connectivity index (χ0) is 20.5. The first kappa shape index (κ1) is 21.3. The second-order valence-electron chi connectivity index (χ2n) is 8.90. The van der Waals surface area contributed by atoms with Gasteiger partial charge in [-0.3, -0.25) is 9.48 Å². The van der Waals surface area contributed by atoms with E-state index in [1.165, 1.54) is 19.3 Å². The molecule has 1 amide bonds. The molecule has 158 valence electrons. The molecule has 1 saturated heterocycles. The van der Waals surface area contributed by atoms with Crippen LogP contribution < -0.4 is 10.2 Å². The van der Waals surface area contributed by atoms with Gasteiger partial charge in [-0.25, -0.2) is 8.42 Å². The third-order valence-electron chi connectivity index (χ3n) is 6.43. The van der Waals surface area contributed by atoms with Gasteiger partial charge in [0, 0.05) is 11.7 Å².